The van der Waals surface area contributed by atoms with Crippen LogP contribution in [-0.2, 0) is 6.42 Å². The van der Waals surface area contributed by atoms with Crippen LogP contribution >= 0.6 is 22.9 Å². The average Bonchev–Trinajstić information content (AvgIpc) is 3.38. The van der Waals surface area contributed by atoms with Crippen molar-refractivity contribution in [3.05, 3.63) is 125 Å². The van der Waals surface area contributed by atoms with Crippen molar-refractivity contribution in [2.24, 2.45) is 0 Å². The Morgan fingerprint density at radius 3 is 2.19 bits per heavy atom. The third kappa shape index (κ3) is 2.83. The summed E-state index contributed by atoms with van der Waals surface area (Å²) < 4.78 is 5.04. The molecule has 7 aromatic rings. The lowest BCUT2D eigenvalue weighted by molar-refractivity contribution is 0.994. The Balaban J connectivity index is 1.49. The van der Waals surface area contributed by atoms with Gasteiger partial charge in [-0.1, -0.05) is 78.3 Å². The van der Waals surface area contributed by atoms with Crippen LogP contribution in [-0.4, -0.2) is 4.57 Å². The number of nitrogens with zero attached hydrogens (tertiary/aromatic N) is 1. The molecular weight excluding hydrogens is 478 g/mol. The van der Waals surface area contributed by atoms with Gasteiger partial charge in [0.2, 0.25) is 0 Å². The van der Waals surface area contributed by atoms with Gasteiger partial charge in [-0.2, -0.15) is 0 Å². The molecule has 1 aliphatic rings. The van der Waals surface area contributed by atoms with Crippen molar-refractivity contribution in [3.8, 4) is 27.9 Å². The Morgan fingerprint density at radius 1 is 0.611 bits per heavy atom. The molecule has 0 atom stereocenters. The van der Waals surface area contributed by atoms with Crippen molar-refractivity contribution >= 4 is 54.0 Å². The molecule has 0 bridgehead atoms. The molecule has 5 aromatic carbocycles. The van der Waals surface area contributed by atoms with E-state index in [1.807, 2.05) is 17.4 Å². The first-order valence-corrected chi connectivity index (χ1v) is 13.4. The highest BCUT2D eigenvalue weighted by atomic mass is 35.5. The number of hydrogen-bond acceptors (Lipinski definition) is 1. The van der Waals surface area contributed by atoms with Crippen molar-refractivity contribution in [1.29, 1.82) is 0 Å². The van der Waals surface area contributed by atoms with Gasteiger partial charge in [-0.15, -0.1) is 11.3 Å². The van der Waals surface area contributed by atoms with Gasteiger partial charge < -0.3 is 4.57 Å². The second-order valence-electron chi connectivity index (χ2n) is 9.48. The smallest absolute Gasteiger partial charge is 0.0538 e. The van der Waals surface area contributed by atoms with Gasteiger partial charge in [-0.05, 0) is 64.7 Å². The van der Waals surface area contributed by atoms with E-state index < -0.39 is 0 Å². The number of benzene rings is 5. The fraction of sp³-hybridized carbons (Fsp3) is 0.0303. The highest BCUT2D eigenvalue weighted by molar-refractivity contribution is 7.25. The number of aromatic nitrogens is 1. The maximum atomic E-state index is 6.40. The lowest BCUT2D eigenvalue weighted by Crippen LogP contribution is -2.02. The first-order valence-electron chi connectivity index (χ1n) is 12.2. The van der Waals surface area contributed by atoms with Crippen LogP contribution in [0.4, 0.5) is 0 Å². The molecule has 1 nitrogen and oxygen atoms in total. The Labute approximate surface area is 217 Å². The molecular formula is C33H20ClNS. The Hall–Kier alpha value is -3.85. The molecule has 2 heterocycles. The van der Waals surface area contributed by atoms with E-state index in [4.69, 9.17) is 11.6 Å². The summed E-state index contributed by atoms with van der Waals surface area (Å²) in [5, 5.41) is 4.56. The molecule has 36 heavy (non-hydrogen) atoms. The number of fused-ring (bicyclic) bond motifs is 10. The van der Waals surface area contributed by atoms with E-state index in [1.165, 1.54) is 70.3 Å². The van der Waals surface area contributed by atoms with Gasteiger partial charge in [0.25, 0.3) is 0 Å². The van der Waals surface area contributed by atoms with Gasteiger partial charge in [-0.3, -0.25) is 0 Å². The monoisotopic (exact) mass is 497 g/mol. The first kappa shape index (κ1) is 20.4. The summed E-state index contributed by atoms with van der Waals surface area (Å²) in [7, 11) is 0. The lowest BCUT2D eigenvalue weighted by Gasteiger charge is -2.13. The zero-order chi connectivity index (χ0) is 23.8. The normalized spacial score (nSPS) is 12.5. The zero-order valence-electron chi connectivity index (χ0n) is 19.3. The molecule has 2 aromatic heterocycles. The molecule has 0 saturated heterocycles. The van der Waals surface area contributed by atoms with Crippen LogP contribution in [0.25, 0.3) is 59.0 Å². The molecule has 8 rings (SSSR count). The molecule has 0 radical (unpaired) electrons. The average molecular weight is 498 g/mol. The predicted molar refractivity (Wildman–Crippen MR) is 155 cm³/mol. The molecule has 0 unspecified atom stereocenters. The summed E-state index contributed by atoms with van der Waals surface area (Å²) in [6.07, 6.45) is 0.878. The fourth-order valence-electron chi connectivity index (χ4n) is 5.99. The van der Waals surface area contributed by atoms with E-state index in [0.717, 1.165) is 11.4 Å². The quantitative estimate of drug-likeness (QED) is 0.212. The molecule has 0 amide bonds. The summed E-state index contributed by atoms with van der Waals surface area (Å²) in [4.78, 5) is 0. The highest BCUT2D eigenvalue weighted by Gasteiger charge is 2.26. The molecule has 1 aliphatic carbocycles. The van der Waals surface area contributed by atoms with E-state index in [9.17, 15) is 0 Å². The van der Waals surface area contributed by atoms with Gasteiger partial charge in [0.1, 0.15) is 0 Å². The molecule has 0 saturated carbocycles. The van der Waals surface area contributed by atoms with E-state index in [2.05, 4.69) is 108 Å². The topological polar surface area (TPSA) is 4.93 Å². The third-order valence-corrected chi connectivity index (χ3v) is 8.89. The SMILES string of the molecule is Clc1ccc2sc3ccc(-n4c5c(c6ccccc64)-c4ccccc4-c4ccccc4C5)cc3c2c1. The van der Waals surface area contributed by atoms with Crippen LogP contribution < -0.4 is 0 Å². The molecule has 0 N–H and O–H groups in total. The lowest BCUT2D eigenvalue weighted by atomic mass is 9.94. The Bertz CT molecular complexity index is 1990. The summed E-state index contributed by atoms with van der Waals surface area (Å²) in [6, 6.07) is 39.7. The first-order chi connectivity index (χ1) is 17.8. The maximum absolute atomic E-state index is 6.40. The van der Waals surface area contributed by atoms with Gasteiger partial charge in [0.05, 0.1) is 5.52 Å². The standard InChI is InChI=1S/C33H20ClNS/c34-21-13-15-31-27(18-21)28-19-22(14-16-32(28)36-31)35-29-12-6-5-11-26(29)33-25-10-4-3-9-24(25)23-8-2-1-7-20(23)17-30(33)35/h1-16,18-19H,17H2. The summed E-state index contributed by atoms with van der Waals surface area (Å²) in [5.74, 6) is 0. The second kappa shape index (κ2) is 7.57. The predicted octanol–water partition coefficient (Wildman–Crippen LogP) is 9.89. The molecule has 170 valence electrons. The van der Waals surface area contributed by atoms with Gasteiger partial charge >= 0.3 is 0 Å². The summed E-state index contributed by atoms with van der Waals surface area (Å²) in [5.41, 5.74) is 10.4. The van der Waals surface area contributed by atoms with Crippen LogP contribution in [0.5, 0.6) is 0 Å². The number of halogens is 1. The minimum atomic E-state index is 0.779. The van der Waals surface area contributed by atoms with Gasteiger partial charge in [0.15, 0.2) is 0 Å². The minimum absolute atomic E-state index is 0.779. The van der Waals surface area contributed by atoms with E-state index in [0.29, 0.717) is 0 Å². The fourth-order valence-corrected chi connectivity index (χ4v) is 7.22. The summed E-state index contributed by atoms with van der Waals surface area (Å²) in [6.45, 7) is 0. The molecule has 3 heteroatoms. The Kier molecular flexibility index (Phi) is 4.28. The van der Waals surface area contributed by atoms with Gasteiger partial charge in [-0.25, -0.2) is 0 Å². The maximum Gasteiger partial charge on any atom is 0.0538 e. The highest BCUT2D eigenvalue weighted by Crippen LogP contribution is 2.46. The third-order valence-electron chi connectivity index (χ3n) is 7.51. The van der Waals surface area contributed by atoms with Crippen LogP contribution in [0.15, 0.2) is 109 Å². The van der Waals surface area contributed by atoms with Crippen molar-refractivity contribution in [2.45, 2.75) is 6.42 Å². The number of para-hydroxylation sites is 1. The van der Waals surface area contributed by atoms with E-state index in [-0.39, 0.29) is 0 Å². The van der Waals surface area contributed by atoms with Crippen LogP contribution in [0, 0.1) is 0 Å². The van der Waals surface area contributed by atoms with Crippen LogP contribution in [0.2, 0.25) is 5.02 Å². The van der Waals surface area contributed by atoms with Crippen molar-refractivity contribution in [1.82, 2.24) is 4.57 Å². The van der Waals surface area contributed by atoms with Crippen molar-refractivity contribution < 1.29 is 0 Å². The summed E-state index contributed by atoms with van der Waals surface area (Å²) >= 11 is 8.23. The van der Waals surface area contributed by atoms with Crippen LogP contribution in [0.3, 0.4) is 0 Å². The number of hydrogen-bond donors (Lipinski definition) is 0. The van der Waals surface area contributed by atoms with Gasteiger partial charge in [0, 0.05) is 53.9 Å². The van der Waals surface area contributed by atoms with E-state index in [1.54, 1.807) is 0 Å². The Morgan fingerprint density at radius 2 is 1.31 bits per heavy atom. The van der Waals surface area contributed by atoms with E-state index >= 15 is 0 Å². The van der Waals surface area contributed by atoms with Crippen LogP contribution in [0.1, 0.15) is 11.3 Å². The minimum Gasteiger partial charge on any atom is -0.313 e. The molecule has 0 spiro atoms. The van der Waals surface area contributed by atoms with Crippen molar-refractivity contribution in [3.63, 3.8) is 0 Å². The number of thiophene rings is 1. The number of rotatable bonds is 1. The molecule has 0 fully saturated rings. The zero-order valence-corrected chi connectivity index (χ0v) is 20.9. The van der Waals surface area contributed by atoms with Crippen molar-refractivity contribution in [2.75, 3.05) is 0 Å². The second-order valence-corrected chi connectivity index (χ2v) is 11.0. The molecule has 0 aliphatic heterocycles. The largest absolute Gasteiger partial charge is 0.313 e.